The summed E-state index contributed by atoms with van der Waals surface area (Å²) in [4.78, 5) is 13.7. The first-order chi connectivity index (χ1) is 7.41. The number of hydrogen-bond acceptors (Lipinski definition) is 3. The van der Waals surface area contributed by atoms with Crippen LogP contribution in [-0.4, -0.2) is 42.5 Å². The molecule has 0 rings (SSSR count). The highest BCUT2D eigenvalue weighted by molar-refractivity contribution is 5.84. The molecule has 0 aliphatic heterocycles. The summed E-state index contributed by atoms with van der Waals surface area (Å²) in [6.45, 7) is 9.59. The maximum absolute atomic E-state index is 11.5. The summed E-state index contributed by atoms with van der Waals surface area (Å²) < 4.78 is 0. The van der Waals surface area contributed by atoms with Crippen molar-refractivity contribution in [1.82, 2.24) is 10.2 Å². The molecule has 0 saturated heterocycles. The fourth-order valence-corrected chi connectivity index (χ4v) is 2.15. The van der Waals surface area contributed by atoms with Crippen LogP contribution >= 0.6 is 0 Å². The highest BCUT2D eigenvalue weighted by Gasteiger charge is 2.32. The fraction of sp³-hybridized carbons (Fsp3) is 0.917. The molecule has 0 bridgehead atoms. The van der Waals surface area contributed by atoms with E-state index in [1.54, 1.807) is 0 Å². The lowest BCUT2D eigenvalue weighted by Gasteiger charge is -2.35. The Morgan fingerprint density at radius 3 is 2.19 bits per heavy atom. The first kappa shape index (κ1) is 15.4. The highest BCUT2D eigenvalue weighted by atomic mass is 16.1. The number of nitrogens with one attached hydrogen (secondary N) is 1. The summed E-state index contributed by atoms with van der Waals surface area (Å²) in [5.41, 5.74) is 4.83. The van der Waals surface area contributed by atoms with Gasteiger partial charge >= 0.3 is 0 Å². The summed E-state index contributed by atoms with van der Waals surface area (Å²) in [5.74, 6) is -0.285. The van der Waals surface area contributed by atoms with E-state index in [-0.39, 0.29) is 5.91 Å². The van der Waals surface area contributed by atoms with E-state index >= 15 is 0 Å². The number of amides is 1. The molecule has 3 N–H and O–H groups in total. The lowest BCUT2D eigenvalue weighted by atomic mass is 9.99. The topological polar surface area (TPSA) is 58.4 Å². The van der Waals surface area contributed by atoms with E-state index < -0.39 is 5.54 Å². The Bertz CT molecular complexity index is 216. The number of carbonyl (C=O) groups excluding carboxylic acids is 1. The molecule has 0 aliphatic carbocycles. The molecule has 0 aromatic rings. The van der Waals surface area contributed by atoms with Crippen molar-refractivity contribution >= 4 is 5.91 Å². The zero-order valence-corrected chi connectivity index (χ0v) is 11.3. The minimum Gasteiger partial charge on any atom is -0.368 e. The largest absolute Gasteiger partial charge is 0.368 e. The van der Waals surface area contributed by atoms with Crippen LogP contribution in [-0.2, 0) is 4.79 Å². The van der Waals surface area contributed by atoms with Crippen molar-refractivity contribution in [1.29, 1.82) is 0 Å². The molecular formula is C12H27N3O. The number of carbonyl (C=O) groups is 1. The van der Waals surface area contributed by atoms with Crippen molar-refractivity contribution in [3.05, 3.63) is 0 Å². The average Bonchev–Trinajstić information content (AvgIpc) is 2.19. The van der Waals surface area contributed by atoms with Crippen LogP contribution in [0, 0.1) is 0 Å². The van der Waals surface area contributed by atoms with E-state index in [4.69, 9.17) is 5.73 Å². The molecule has 0 radical (unpaired) electrons. The summed E-state index contributed by atoms with van der Waals surface area (Å²) in [6, 6.07) is 0.511. The molecule has 0 spiro atoms. The molecule has 1 atom stereocenters. The third kappa shape index (κ3) is 4.10. The van der Waals surface area contributed by atoms with Crippen LogP contribution in [0.15, 0.2) is 0 Å². The Labute approximate surface area is 99.6 Å². The Morgan fingerprint density at radius 1 is 1.38 bits per heavy atom. The van der Waals surface area contributed by atoms with Gasteiger partial charge in [0.05, 0.1) is 0 Å². The molecular weight excluding hydrogens is 202 g/mol. The Morgan fingerprint density at radius 2 is 1.88 bits per heavy atom. The second kappa shape index (κ2) is 6.86. The molecule has 0 aromatic carbocycles. The summed E-state index contributed by atoms with van der Waals surface area (Å²) in [5, 5.41) is 3.18. The van der Waals surface area contributed by atoms with Gasteiger partial charge in [-0.25, -0.2) is 0 Å². The van der Waals surface area contributed by atoms with Crippen molar-refractivity contribution in [2.75, 3.05) is 20.1 Å². The summed E-state index contributed by atoms with van der Waals surface area (Å²) in [7, 11) is 2.05. The Balaban J connectivity index is 4.56. The van der Waals surface area contributed by atoms with Crippen LogP contribution in [0.25, 0.3) is 0 Å². The van der Waals surface area contributed by atoms with Gasteiger partial charge in [-0.15, -0.1) is 0 Å². The maximum Gasteiger partial charge on any atom is 0.238 e. The van der Waals surface area contributed by atoms with Crippen LogP contribution in [0.2, 0.25) is 0 Å². The zero-order valence-electron chi connectivity index (χ0n) is 11.3. The minimum absolute atomic E-state index is 0.285. The predicted octanol–water partition coefficient (Wildman–Crippen LogP) is 0.960. The van der Waals surface area contributed by atoms with Crippen LogP contribution in [0.5, 0.6) is 0 Å². The molecule has 0 fully saturated rings. The number of primary amides is 1. The van der Waals surface area contributed by atoms with Crippen LogP contribution in [0.1, 0.15) is 40.5 Å². The van der Waals surface area contributed by atoms with Gasteiger partial charge in [-0.1, -0.05) is 20.8 Å². The molecule has 4 heteroatoms. The molecule has 96 valence electrons. The van der Waals surface area contributed by atoms with Gasteiger partial charge in [-0.2, -0.15) is 0 Å². The predicted molar refractivity (Wildman–Crippen MR) is 68.3 cm³/mol. The number of nitrogens with zero attached hydrogens (tertiary/aromatic N) is 1. The van der Waals surface area contributed by atoms with E-state index in [0.717, 1.165) is 19.4 Å². The highest BCUT2D eigenvalue weighted by Crippen LogP contribution is 2.12. The van der Waals surface area contributed by atoms with Gasteiger partial charge in [0, 0.05) is 12.6 Å². The van der Waals surface area contributed by atoms with Crippen molar-refractivity contribution in [2.45, 2.75) is 52.1 Å². The smallest absolute Gasteiger partial charge is 0.238 e. The van der Waals surface area contributed by atoms with Gasteiger partial charge in [0.15, 0.2) is 0 Å². The van der Waals surface area contributed by atoms with Gasteiger partial charge in [0.1, 0.15) is 5.54 Å². The number of hydrogen-bond donors (Lipinski definition) is 2. The van der Waals surface area contributed by atoms with Gasteiger partial charge in [0.25, 0.3) is 0 Å². The second-order valence-electron chi connectivity index (χ2n) is 4.61. The SMILES string of the molecule is CCNC(C)(CN(C)C(CC)CC)C(N)=O. The lowest BCUT2D eigenvalue weighted by molar-refractivity contribution is -0.124. The van der Waals surface area contributed by atoms with E-state index in [0.29, 0.717) is 12.6 Å². The fourth-order valence-electron chi connectivity index (χ4n) is 2.15. The van der Waals surface area contributed by atoms with Crippen molar-refractivity contribution in [3.8, 4) is 0 Å². The van der Waals surface area contributed by atoms with E-state index in [1.165, 1.54) is 0 Å². The van der Waals surface area contributed by atoms with E-state index in [9.17, 15) is 4.79 Å². The summed E-state index contributed by atoms with van der Waals surface area (Å²) >= 11 is 0. The minimum atomic E-state index is -0.633. The van der Waals surface area contributed by atoms with Crippen LogP contribution in [0.3, 0.4) is 0 Å². The Hall–Kier alpha value is -0.610. The van der Waals surface area contributed by atoms with Crippen molar-refractivity contribution in [3.63, 3.8) is 0 Å². The quantitative estimate of drug-likeness (QED) is 0.652. The number of nitrogens with two attached hydrogens (primary N) is 1. The zero-order chi connectivity index (χ0) is 12.8. The maximum atomic E-state index is 11.5. The van der Waals surface area contributed by atoms with Gasteiger partial charge in [-0.05, 0) is 33.4 Å². The van der Waals surface area contributed by atoms with Crippen LogP contribution < -0.4 is 11.1 Å². The van der Waals surface area contributed by atoms with Crippen molar-refractivity contribution in [2.24, 2.45) is 5.73 Å². The molecule has 0 saturated carbocycles. The van der Waals surface area contributed by atoms with Crippen molar-refractivity contribution < 1.29 is 4.79 Å². The van der Waals surface area contributed by atoms with E-state index in [2.05, 4.69) is 31.1 Å². The second-order valence-corrected chi connectivity index (χ2v) is 4.61. The first-order valence-electron chi connectivity index (χ1n) is 6.16. The molecule has 0 aromatic heterocycles. The number of rotatable bonds is 8. The van der Waals surface area contributed by atoms with Crippen LogP contribution in [0.4, 0.5) is 0 Å². The number of likely N-dealkylation sites (N-methyl/N-ethyl adjacent to an activating group) is 2. The molecule has 4 nitrogen and oxygen atoms in total. The lowest BCUT2D eigenvalue weighted by Crippen LogP contribution is -2.60. The first-order valence-corrected chi connectivity index (χ1v) is 6.16. The third-order valence-electron chi connectivity index (χ3n) is 3.24. The van der Waals surface area contributed by atoms with E-state index in [1.807, 2.05) is 13.8 Å². The van der Waals surface area contributed by atoms with Gasteiger partial charge in [0.2, 0.25) is 5.91 Å². The summed E-state index contributed by atoms with van der Waals surface area (Å²) in [6.07, 6.45) is 2.18. The van der Waals surface area contributed by atoms with Gasteiger partial charge in [-0.3, -0.25) is 4.79 Å². The molecule has 1 amide bonds. The average molecular weight is 229 g/mol. The molecule has 0 heterocycles. The monoisotopic (exact) mass is 229 g/mol. The van der Waals surface area contributed by atoms with Gasteiger partial charge < -0.3 is 16.0 Å². The Kier molecular flexibility index (Phi) is 6.60. The normalized spacial score (nSPS) is 15.4. The third-order valence-corrected chi connectivity index (χ3v) is 3.24. The molecule has 16 heavy (non-hydrogen) atoms. The molecule has 1 unspecified atom stereocenters. The standard InChI is InChI=1S/C12H27N3O/c1-6-10(7-2)15(5)9-12(4,11(13)16)14-8-3/h10,14H,6-9H2,1-5H3,(H2,13,16). The molecule has 0 aliphatic rings.